The van der Waals surface area contributed by atoms with Crippen molar-refractivity contribution in [3.8, 4) is 0 Å². The molecule has 0 heterocycles. The van der Waals surface area contributed by atoms with Crippen LogP contribution in [-0.4, -0.2) is 30.2 Å². The number of nitrogens with zero attached hydrogens (tertiary/aromatic N) is 4. The summed E-state index contributed by atoms with van der Waals surface area (Å²) in [5.41, 5.74) is 7.92. The Bertz CT molecular complexity index is 643. The van der Waals surface area contributed by atoms with Gasteiger partial charge in [-0.1, -0.05) is 11.2 Å². The predicted octanol–water partition coefficient (Wildman–Crippen LogP) is -1.50. The van der Waals surface area contributed by atoms with Crippen LogP contribution < -0.4 is 34.9 Å². The molecule has 0 saturated heterocycles. The van der Waals surface area contributed by atoms with E-state index in [4.69, 9.17) is 5.53 Å². The number of hydrogen-bond donors (Lipinski definition) is 1. The average Bonchev–Trinajstić information content (AvgIpc) is 2.29. The molecule has 12 heteroatoms. The average molecular weight is 309 g/mol. The van der Waals surface area contributed by atoms with Gasteiger partial charge >= 0.3 is 29.6 Å². The molecule has 0 aromatic heterocycles. The summed E-state index contributed by atoms with van der Waals surface area (Å²) in [4.78, 5) is 12.6. The molecule has 20 heavy (non-hydrogen) atoms. The number of anilines is 1. The van der Waals surface area contributed by atoms with Gasteiger partial charge in [-0.05, 0) is 11.6 Å². The van der Waals surface area contributed by atoms with Crippen LogP contribution in [0.1, 0.15) is 0 Å². The summed E-state index contributed by atoms with van der Waals surface area (Å²) < 4.78 is 31.2. The zero-order valence-electron chi connectivity index (χ0n) is 10.4. The quantitative estimate of drug-likeness (QED) is 0.128. The summed E-state index contributed by atoms with van der Waals surface area (Å²) >= 11 is 0. The molecule has 0 fully saturated rings. The normalized spacial score (nSPS) is 10.1. The number of nitro benzene ring substituents is 1. The Balaban J connectivity index is 0.00000361. The summed E-state index contributed by atoms with van der Waals surface area (Å²) in [5, 5.41) is 16.5. The summed E-state index contributed by atoms with van der Waals surface area (Å²) in [6.45, 7) is -0.256. The number of hydrogen-bond acceptors (Lipinski definition) is 7. The molecule has 0 unspecified atom stereocenters. The van der Waals surface area contributed by atoms with Gasteiger partial charge in [0.25, 0.3) is 5.69 Å². The minimum atomic E-state index is -4.39. The minimum absolute atomic E-state index is 0. The van der Waals surface area contributed by atoms with Crippen LogP contribution >= 0.6 is 0 Å². The zero-order valence-corrected chi connectivity index (χ0v) is 13.2. The van der Waals surface area contributed by atoms with E-state index in [0.717, 1.165) is 6.07 Å². The second kappa shape index (κ2) is 8.04. The third-order valence-electron chi connectivity index (χ3n) is 2.01. The van der Waals surface area contributed by atoms with Crippen LogP contribution in [0.5, 0.6) is 0 Å². The molecule has 1 aromatic rings. The topological polar surface area (TPSA) is 161 Å². The second-order valence-electron chi connectivity index (χ2n) is 3.34. The van der Waals surface area contributed by atoms with E-state index in [0.29, 0.717) is 0 Å². The van der Waals surface area contributed by atoms with Gasteiger partial charge in [-0.15, -0.1) is 0 Å². The molecule has 0 amide bonds. The Kier molecular flexibility index (Phi) is 7.50. The first-order chi connectivity index (χ1) is 8.83. The van der Waals surface area contributed by atoms with Gasteiger partial charge in [0.2, 0.25) is 0 Å². The fourth-order valence-electron chi connectivity index (χ4n) is 1.25. The van der Waals surface area contributed by atoms with Crippen LogP contribution in [0.25, 0.3) is 10.4 Å². The molecule has 102 valence electrons. The number of rotatable bonds is 6. The van der Waals surface area contributed by atoms with E-state index in [9.17, 15) is 23.1 Å². The van der Waals surface area contributed by atoms with E-state index in [-0.39, 0.29) is 53.2 Å². The maximum absolute atomic E-state index is 10.8. The maximum Gasteiger partial charge on any atom is 1.00 e. The molecule has 0 radical (unpaired) electrons. The van der Waals surface area contributed by atoms with Crippen molar-refractivity contribution in [2.45, 2.75) is 0 Å². The third kappa shape index (κ3) is 6.19. The van der Waals surface area contributed by atoms with E-state index in [1.807, 2.05) is 0 Å². The summed E-state index contributed by atoms with van der Waals surface area (Å²) in [7, 11) is -4.39. The molecule has 0 atom stereocenters. The van der Waals surface area contributed by atoms with E-state index in [2.05, 4.69) is 15.3 Å². The van der Waals surface area contributed by atoms with Crippen molar-refractivity contribution in [2.24, 2.45) is 5.11 Å². The van der Waals surface area contributed by atoms with Crippen molar-refractivity contribution in [2.75, 3.05) is 17.6 Å². The van der Waals surface area contributed by atoms with Gasteiger partial charge in [-0.3, -0.25) is 10.1 Å². The first-order valence-electron chi connectivity index (χ1n) is 4.84. The molecule has 0 saturated carbocycles. The fraction of sp³-hybridized carbons (Fsp3) is 0.250. The Hall–Kier alpha value is -1.36. The molecular weight excluding hydrogens is 301 g/mol. The van der Waals surface area contributed by atoms with Crippen molar-refractivity contribution < 1.29 is 47.5 Å². The fourth-order valence-corrected chi connectivity index (χ4v) is 1.60. The third-order valence-corrected chi connectivity index (χ3v) is 2.71. The van der Waals surface area contributed by atoms with E-state index >= 15 is 0 Å². The number of nitrogens with one attached hydrogen (secondary N) is 1. The molecule has 0 aliphatic carbocycles. The first-order valence-corrected chi connectivity index (χ1v) is 6.42. The van der Waals surface area contributed by atoms with Crippen molar-refractivity contribution >= 4 is 27.2 Å². The van der Waals surface area contributed by atoms with Gasteiger partial charge < -0.3 is 9.87 Å². The minimum Gasteiger partial charge on any atom is -0.748 e. The van der Waals surface area contributed by atoms with Crippen molar-refractivity contribution in [3.63, 3.8) is 0 Å². The zero-order chi connectivity index (χ0) is 14.5. The summed E-state index contributed by atoms with van der Waals surface area (Å²) in [5.74, 6) is -0.692. The van der Waals surface area contributed by atoms with Gasteiger partial charge in [0, 0.05) is 23.2 Å². The second-order valence-corrected chi connectivity index (χ2v) is 4.86. The van der Waals surface area contributed by atoms with Crippen molar-refractivity contribution in [1.82, 2.24) is 0 Å². The molecule has 10 nitrogen and oxygen atoms in total. The first kappa shape index (κ1) is 18.6. The van der Waals surface area contributed by atoms with E-state index < -0.39 is 20.8 Å². The Morgan fingerprint density at radius 1 is 1.45 bits per heavy atom. The molecule has 0 bridgehead atoms. The summed E-state index contributed by atoms with van der Waals surface area (Å²) in [6.07, 6.45) is 0. The van der Waals surface area contributed by atoms with Gasteiger partial charge in [-0.25, -0.2) is 8.42 Å². The monoisotopic (exact) mass is 309 g/mol. The Morgan fingerprint density at radius 3 is 2.60 bits per heavy atom. The van der Waals surface area contributed by atoms with E-state index in [1.54, 1.807) is 0 Å². The van der Waals surface area contributed by atoms with Crippen LogP contribution in [0.15, 0.2) is 23.3 Å². The number of benzene rings is 1. The largest absolute Gasteiger partial charge is 1.00 e. The predicted molar refractivity (Wildman–Crippen MR) is 65.0 cm³/mol. The van der Waals surface area contributed by atoms with Gasteiger partial charge in [0.05, 0.1) is 20.8 Å². The van der Waals surface area contributed by atoms with Gasteiger partial charge in [0.15, 0.2) is 0 Å². The number of nitro groups is 1. The van der Waals surface area contributed by atoms with Crippen LogP contribution in [-0.2, 0) is 10.1 Å². The number of azide groups is 1. The van der Waals surface area contributed by atoms with E-state index in [1.165, 1.54) is 12.1 Å². The van der Waals surface area contributed by atoms with Crippen LogP contribution in [0.4, 0.5) is 17.1 Å². The van der Waals surface area contributed by atoms with Gasteiger partial charge in [0.1, 0.15) is 5.69 Å². The standard InChI is InChI=1S/C8H9N5O5S.Na/c9-12-11-6-1-2-7(8(5-6)13(14)15)10-3-4-19(16,17)18;/h1-2,5,10H,3-4H2,(H,16,17,18);/q;+1/p-1. The molecule has 0 aliphatic rings. The molecule has 1 N–H and O–H groups in total. The molecule has 1 rings (SSSR count). The maximum atomic E-state index is 10.8. The molecule has 1 aromatic carbocycles. The Labute approximate surface area is 136 Å². The van der Waals surface area contributed by atoms with Crippen LogP contribution in [0.3, 0.4) is 0 Å². The smallest absolute Gasteiger partial charge is 0.748 e. The Morgan fingerprint density at radius 2 is 2.10 bits per heavy atom. The molecule has 0 aliphatic heterocycles. The van der Waals surface area contributed by atoms with Crippen LogP contribution in [0, 0.1) is 10.1 Å². The summed E-state index contributed by atoms with van der Waals surface area (Å²) in [6, 6.07) is 3.62. The SMILES string of the molecule is [N-]=[N+]=Nc1ccc(NCCS(=O)(=O)[O-])c([N+](=O)[O-])c1.[Na+]. The van der Waals surface area contributed by atoms with Gasteiger partial charge in [-0.2, -0.15) is 0 Å². The molecule has 0 spiro atoms. The van der Waals surface area contributed by atoms with Crippen molar-refractivity contribution in [3.05, 3.63) is 38.8 Å². The molecular formula is C8H8N5NaO5S. The van der Waals surface area contributed by atoms with Crippen LogP contribution in [0.2, 0.25) is 0 Å². The van der Waals surface area contributed by atoms with Crippen molar-refractivity contribution in [1.29, 1.82) is 0 Å².